The van der Waals surface area contributed by atoms with Gasteiger partial charge in [0.2, 0.25) is 16.0 Å². The van der Waals surface area contributed by atoms with Gasteiger partial charge in [-0.15, -0.1) is 0 Å². The molecule has 0 aliphatic carbocycles. The topological polar surface area (TPSA) is 87.8 Å². The molecule has 0 radical (unpaired) electrons. The molecule has 0 aliphatic rings. The first-order valence-corrected chi connectivity index (χ1v) is 9.99. The van der Waals surface area contributed by atoms with Crippen LogP contribution in [0.15, 0.2) is 53.7 Å². The Labute approximate surface area is 158 Å². The van der Waals surface area contributed by atoms with Crippen molar-refractivity contribution >= 4 is 32.7 Å². The summed E-state index contributed by atoms with van der Waals surface area (Å²) >= 11 is 0. The number of fused-ring (bicyclic) bond motifs is 1. The smallest absolute Gasteiger partial charge is 0.244 e. The van der Waals surface area contributed by atoms with Gasteiger partial charge in [-0.2, -0.15) is 0 Å². The van der Waals surface area contributed by atoms with Gasteiger partial charge in [-0.25, -0.2) is 17.4 Å². The van der Waals surface area contributed by atoms with E-state index < -0.39 is 15.3 Å². The number of rotatable bonds is 5. The first-order valence-electron chi connectivity index (χ1n) is 8.49. The van der Waals surface area contributed by atoms with Gasteiger partial charge in [0.15, 0.2) is 0 Å². The summed E-state index contributed by atoms with van der Waals surface area (Å²) in [7, 11) is -0.141. The minimum Gasteiger partial charge on any atom is -0.410 e. The second kappa shape index (κ2) is 7.03. The third-order valence-electron chi connectivity index (χ3n) is 4.27. The van der Waals surface area contributed by atoms with Crippen molar-refractivity contribution < 1.29 is 13.6 Å². The summed E-state index contributed by atoms with van der Waals surface area (Å²) in [6.45, 7) is 3.27. The standard InChI is InChI=1S/C19H22N4O3S/c1-13(2)27(25,26)23-17-12-15(10-11-16(17)20-19(23)22(3)4)18(21-24)14-8-6-5-7-9-14/h5-13,24H,1-4H3/b21-18+. The van der Waals surface area contributed by atoms with E-state index in [-0.39, 0.29) is 0 Å². The van der Waals surface area contributed by atoms with Crippen molar-refractivity contribution in [2.45, 2.75) is 19.1 Å². The summed E-state index contributed by atoms with van der Waals surface area (Å²) in [5.74, 6) is 0.332. The van der Waals surface area contributed by atoms with Gasteiger partial charge in [0, 0.05) is 25.2 Å². The SMILES string of the molecule is CC(C)S(=O)(=O)n1c(N(C)C)nc2ccc(/C(=N/O)c3ccccc3)cc21. The number of hydrogen-bond donors (Lipinski definition) is 1. The second-order valence-electron chi connectivity index (χ2n) is 6.68. The van der Waals surface area contributed by atoms with Gasteiger partial charge in [0.1, 0.15) is 5.71 Å². The first kappa shape index (κ1) is 18.9. The monoisotopic (exact) mass is 386 g/mol. The predicted molar refractivity (Wildman–Crippen MR) is 107 cm³/mol. The Bertz CT molecular complexity index is 1100. The predicted octanol–water partition coefficient (Wildman–Crippen LogP) is 2.92. The molecule has 0 bridgehead atoms. The Hall–Kier alpha value is -2.87. The van der Waals surface area contributed by atoms with Crippen molar-refractivity contribution in [3.05, 3.63) is 59.7 Å². The highest BCUT2D eigenvalue weighted by atomic mass is 32.2. The molecule has 1 N–H and O–H groups in total. The average Bonchev–Trinajstić information content (AvgIpc) is 3.03. The number of anilines is 1. The highest BCUT2D eigenvalue weighted by Crippen LogP contribution is 2.27. The number of hydrogen-bond acceptors (Lipinski definition) is 6. The van der Waals surface area contributed by atoms with E-state index in [1.807, 2.05) is 30.3 Å². The summed E-state index contributed by atoms with van der Waals surface area (Å²) < 4.78 is 27.2. The lowest BCUT2D eigenvalue weighted by molar-refractivity contribution is 0.319. The largest absolute Gasteiger partial charge is 0.410 e. The summed E-state index contributed by atoms with van der Waals surface area (Å²) in [5.41, 5.74) is 2.68. The third kappa shape index (κ3) is 3.28. The molecule has 0 aliphatic heterocycles. The molecule has 8 heteroatoms. The second-order valence-corrected chi connectivity index (χ2v) is 9.02. The molecule has 1 aromatic heterocycles. The van der Waals surface area contributed by atoms with Crippen molar-refractivity contribution in [3.8, 4) is 0 Å². The lowest BCUT2D eigenvalue weighted by Gasteiger charge is -2.17. The Balaban J connectivity index is 2.29. The number of benzene rings is 2. The van der Waals surface area contributed by atoms with Crippen LogP contribution in [0.5, 0.6) is 0 Å². The van der Waals surface area contributed by atoms with E-state index in [2.05, 4.69) is 10.1 Å². The summed E-state index contributed by atoms with van der Waals surface area (Å²) in [6.07, 6.45) is 0. The van der Waals surface area contributed by atoms with Crippen LogP contribution in [0.2, 0.25) is 0 Å². The maximum Gasteiger partial charge on any atom is 0.244 e. The Morgan fingerprint density at radius 1 is 1.11 bits per heavy atom. The van der Waals surface area contributed by atoms with Crippen molar-refractivity contribution in [3.63, 3.8) is 0 Å². The van der Waals surface area contributed by atoms with E-state index >= 15 is 0 Å². The van der Waals surface area contributed by atoms with Gasteiger partial charge in [0.25, 0.3) is 0 Å². The maximum absolute atomic E-state index is 13.0. The van der Waals surface area contributed by atoms with E-state index in [1.54, 1.807) is 51.0 Å². The number of oxime groups is 1. The van der Waals surface area contributed by atoms with Gasteiger partial charge in [-0.1, -0.05) is 41.6 Å². The van der Waals surface area contributed by atoms with Crippen LogP contribution in [0.25, 0.3) is 11.0 Å². The van der Waals surface area contributed by atoms with E-state index in [9.17, 15) is 13.6 Å². The fourth-order valence-corrected chi connectivity index (χ4v) is 4.08. The Morgan fingerprint density at radius 2 is 1.78 bits per heavy atom. The summed E-state index contributed by atoms with van der Waals surface area (Å²) in [5, 5.41) is 12.4. The van der Waals surface area contributed by atoms with Crippen LogP contribution < -0.4 is 4.90 Å². The lowest BCUT2D eigenvalue weighted by atomic mass is 10.0. The molecule has 0 saturated carbocycles. The molecule has 0 amide bonds. The van der Waals surface area contributed by atoms with Crippen molar-refractivity contribution in [1.29, 1.82) is 0 Å². The van der Waals surface area contributed by atoms with E-state index in [4.69, 9.17) is 0 Å². The average molecular weight is 386 g/mol. The van der Waals surface area contributed by atoms with Crippen LogP contribution in [0.1, 0.15) is 25.0 Å². The fourth-order valence-electron chi connectivity index (χ4n) is 2.81. The van der Waals surface area contributed by atoms with Crippen LogP contribution in [-0.4, -0.2) is 47.6 Å². The number of nitrogens with zero attached hydrogens (tertiary/aromatic N) is 4. The molecule has 142 valence electrons. The Morgan fingerprint density at radius 3 is 2.33 bits per heavy atom. The van der Waals surface area contributed by atoms with Gasteiger partial charge in [0.05, 0.1) is 16.3 Å². The zero-order valence-electron chi connectivity index (χ0n) is 15.7. The molecule has 0 spiro atoms. The van der Waals surface area contributed by atoms with Crippen LogP contribution in [0.3, 0.4) is 0 Å². The molecule has 3 aromatic rings. The normalized spacial score (nSPS) is 12.7. The van der Waals surface area contributed by atoms with Gasteiger partial charge in [-0.05, 0) is 26.0 Å². The number of imidazole rings is 1. The molecule has 0 atom stereocenters. The van der Waals surface area contributed by atoms with Gasteiger partial charge in [-0.3, -0.25) is 0 Å². The maximum atomic E-state index is 13.0. The summed E-state index contributed by atoms with van der Waals surface area (Å²) in [4.78, 5) is 6.13. The minimum atomic E-state index is -3.64. The van der Waals surface area contributed by atoms with E-state index in [1.165, 1.54) is 3.97 Å². The Kier molecular flexibility index (Phi) is 4.93. The number of aromatic nitrogens is 2. The molecule has 2 aromatic carbocycles. The van der Waals surface area contributed by atoms with Gasteiger partial charge < -0.3 is 10.1 Å². The molecule has 3 rings (SSSR count). The quantitative estimate of drug-likeness (QED) is 0.414. The molecular formula is C19H22N4O3S. The molecule has 1 heterocycles. The van der Waals surface area contributed by atoms with Crippen LogP contribution in [-0.2, 0) is 10.0 Å². The zero-order chi connectivity index (χ0) is 19.8. The van der Waals surface area contributed by atoms with Crippen molar-refractivity contribution in [2.24, 2.45) is 5.16 Å². The van der Waals surface area contributed by atoms with Gasteiger partial charge >= 0.3 is 0 Å². The van der Waals surface area contributed by atoms with E-state index in [0.717, 1.165) is 5.56 Å². The molecule has 0 unspecified atom stereocenters. The molecule has 0 fully saturated rings. The highest BCUT2D eigenvalue weighted by molar-refractivity contribution is 7.90. The molecular weight excluding hydrogens is 364 g/mol. The molecule has 27 heavy (non-hydrogen) atoms. The van der Waals surface area contributed by atoms with Crippen molar-refractivity contribution in [2.75, 3.05) is 19.0 Å². The summed E-state index contributed by atoms with van der Waals surface area (Å²) in [6, 6.07) is 14.4. The minimum absolute atomic E-state index is 0.332. The highest BCUT2D eigenvalue weighted by Gasteiger charge is 2.27. The zero-order valence-corrected chi connectivity index (χ0v) is 16.5. The fraction of sp³-hybridized carbons (Fsp3) is 0.263. The first-order chi connectivity index (χ1) is 12.8. The van der Waals surface area contributed by atoms with Crippen LogP contribution >= 0.6 is 0 Å². The lowest BCUT2D eigenvalue weighted by Crippen LogP contribution is -2.26. The van der Waals surface area contributed by atoms with E-state index in [0.29, 0.717) is 28.3 Å². The van der Waals surface area contributed by atoms with Crippen LogP contribution in [0.4, 0.5) is 5.95 Å². The third-order valence-corrected chi connectivity index (χ3v) is 6.33. The van der Waals surface area contributed by atoms with Crippen molar-refractivity contribution in [1.82, 2.24) is 8.96 Å². The molecule has 7 nitrogen and oxygen atoms in total. The van der Waals surface area contributed by atoms with Crippen LogP contribution in [0, 0.1) is 0 Å². The molecule has 0 saturated heterocycles.